The summed E-state index contributed by atoms with van der Waals surface area (Å²) in [6.45, 7) is 2.01. The number of rotatable bonds is 5. The van der Waals surface area contributed by atoms with Crippen LogP contribution < -0.4 is 10.6 Å². The number of ketones is 1. The van der Waals surface area contributed by atoms with E-state index in [4.69, 9.17) is 5.73 Å². The van der Waals surface area contributed by atoms with Crippen LogP contribution in [0.1, 0.15) is 34.6 Å². The molecular weight excluding hydrogens is 373 g/mol. The van der Waals surface area contributed by atoms with Gasteiger partial charge in [-0.05, 0) is 60.2 Å². The van der Waals surface area contributed by atoms with Crippen LogP contribution in [0.15, 0.2) is 47.8 Å². The monoisotopic (exact) mass is 395 g/mol. The smallest absolute Gasteiger partial charge is 0.195 e. The van der Waals surface area contributed by atoms with Gasteiger partial charge in [0.25, 0.3) is 0 Å². The molecule has 0 amide bonds. The summed E-state index contributed by atoms with van der Waals surface area (Å²) in [7, 11) is 0. The molecule has 0 spiro atoms. The zero-order chi connectivity index (χ0) is 19.5. The van der Waals surface area contributed by atoms with E-state index in [1.54, 1.807) is 18.2 Å². The Morgan fingerprint density at radius 2 is 1.79 bits per heavy atom. The molecule has 1 aliphatic heterocycles. The first kappa shape index (κ1) is 18.6. The molecule has 0 unspecified atom stereocenters. The molecule has 6 heteroatoms. The normalized spacial score (nSPS) is 14.2. The number of hydrogen-bond donors (Lipinski definition) is 1. The van der Waals surface area contributed by atoms with Crippen LogP contribution in [0.4, 0.5) is 15.9 Å². The fourth-order valence-corrected chi connectivity index (χ4v) is 4.26. The van der Waals surface area contributed by atoms with Gasteiger partial charge in [0.15, 0.2) is 10.8 Å². The first-order valence-corrected chi connectivity index (χ1v) is 10.4. The molecule has 0 bridgehead atoms. The quantitative estimate of drug-likeness (QED) is 0.491. The molecule has 144 valence electrons. The number of nitrogens with zero attached hydrogens (tertiary/aromatic N) is 2. The van der Waals surface area contributed by atoms with E-state index in [0.717, 1.165) is 35.6 Å². The van der Waals surface area contributed by atoms with Gasteiger partial charge < -0.3 is 10.6 Å². The van der Waals surface area contributed by atoms with Gasteiger partial charge in [-0.1, -0.05) is 18.2 Å². The second-order valence-electron chi connectivity index (χ2n) is 7.08. The molecule has 0 saturated carbocycles. The molecule has 1 aliphatic rings. The Hall–Kier alpha value is -2.73. The van der Waals surface area contributed by atoms with Crippen molar-refractivity contribution >= 4 is 28.6 Å². The molecule has 28 heavy (non-hydrogen) atoms. The maximum Gasteiger partial charge on any atom is 0.195 e. The van der Waals surface area contributed by atoms with Crippen LogP contribution in [-0.2, 0) is 6.42 Å². The Bertz CT molecular complexity index is 978. The van der Waals surface area contributed by atoms with Crippen molar-refractivity contribution in [2.45, 2.75) is 25.7 Å². The highest BCUT2D eigenvalue weighted by Gasteiger charge is 2.18. The Morgan fingerprint density at radius 1 is 1.07 bits per heavy atom. The summed E-state index contributed by atoms with van der Waals surface area (Å²) in [5.41, 5.74) is 9.24. The number of hydrogen-bond acceptors (Lipinski definition) is 5. The van der Waals surface area contributed by atoms with E-state index in [1.165, 1.54) is 42.7 Å². The lowest BCUT2D eigenvalue weighted by Crippen LogP contribution is -2.29. The minimum atomic E-state index is -0.275. The molecule has 2 heterocycles. The third-order valence-electron chi connectivity index (χ3n) is 5.08. The van der Waals surface area contributed by atoms with Crippen LogP contribution in [0, 0.1) is 5.82 Å². The van der Waals surface area contributed by atoms with Gasteiger partial charge in [0.1, 0.15) is 11.6 Å². The van der Waals surface area contributed by atoms with Gasteiger partial charge in [-0.2, -0.15) is 0 Å². The molecule has 1 fully saturated rings. The number of benzene rings is 2. The van der Waals surface area contributed by atoms with Gasteiger partial charge in [0.2, 0.25) is 0 Å². The minimum absolute atomic E-state index is 0.0313. The predicted molar refractivity (Wildman–Crippen MR) is 112 cm³/mol. The highest BCUT2D eigenvalue weighted by Crippen LogP contribution is 2.27. The molecule has 4 rings (SSSR count). The number of aromatic nitrogens is 1. The third kappa shape index (κ3) is 4.07. The highest BCUT2D eigenvalue weighted by molar-refractivity contribution is 7.12. The lowest BCUT2D eigenvalue weighted by Gasteiger charge is -2.26. The number of halogens is 1. The summed E-state index contributed by atoms with van der Waals surface area (Å²) >= 11 is 1.39. The summed E-state index contributed by atoms with van der Waals surface area (Å²) in [5.74, 6) is 0.597. The number of nitrogens with two attached hydrogens (primary N) is 1. The molecule has 1 saturated heterocycles. The van der Waals surface area contributed by atoms with Crippen molar-refractivity contribution < 1.29 is 9.18 Å². The van der Waals surface area contributed by atoms with E-state index in [-0.39, 0.29) is 18.0 Å². The van der Waals surface area contributed by atoms with Gasteiger partial charge >= 0.3 is 0 Å². The van der Waals surface area contributed by atoms with Crippen molar-refractivity contribution in [1.82, 2.24) is 4.98 Å². The first-order chi connectivity index (χ1) is 13.6. The molecule has 3 aromatic rings. The average Bonchev–Trinajstić information content (AvgIpc) is 3.21. The number of anilines is 2. The Kier molecular flexibility index (Phi) is 5.39. The Morgan fingerprint density at radius 3 is 2.54 bits per heavy atom. The number of carbonyl (C=O) groups is 1. The molecule has 1 aromatic heterocycles. The van der Waals surface area contributed by atoms with Crippen LogP contribution in [-0.4, -0.2) is 23.9 Å². The van der Waals surface area contributed by atoms with Crippen molar-refractivity contribution in [3.05, 3.63) is 64.2 Å². The summed E-state index contributed by atoms with van der Waals surface area (Å²) in [6.07, 6.45) is 3.81. The molecule has 2 aromatic carbocycles. The number of carbonyl (C=O) groups excluding carboxylic acids is 1. The summed E-state index contributed by atoms with van der Waals surface area (Å²) in [6, 6.07) is 11.9. The van der Waals surface area contributed by atoms with Crippen molar-refractivity contribution in [3.63, 3.8) is 0 Å². The standard InChI is InChI=1S/C22H22FN3OS/c23-18-7-4-15(5-8-18)16-6-9-19(24)17(12-16)13-20(27)22-25-21(14-28-22)26-10-2-1-3-11-26/h4-9,12,14H,1-3,10-11,13,24H2. The fourth-order valence-electron chi connectivity index (χ4n) is 3.49. The maximum atomic E-state index is 13.2. The van der Waals surface area contributed by atoms with Crippen LogP contribution in [0.5, 0.6) is 0 Å². The van der Waals surface area contributed by atoms with Gasteiger partial charge in [0.05, 0.1) is 0 Å². The maximum absolute atomic E-state index is 13.2. The van der Waals surface area contributed by atoms with Gasteiger partial charge in [-0.3, -0.25) is 4.79 Å². The van der Waals surface area contributed by atoms with Crippen LogP contribution >= 0.6 is 11.3 Å². The number of nitrogen functional groups attached to an aromatic ring is 1. The van der Waals surface area contributed by atoms with Crippen LogP contribution in [0.2, 0.25) is 0 Å². The van der Waals surface area contributed by atoms with Gasteiger partial charge in [-0.15, -0.1) is 11.3 Å². The van der Waals surface area contributed by atoms with E-state index < -0.39 is 0 Å². The van der Waals surface area contributed by atoms with Gasteiger partial charge in [0, 0.05) is 30.6 Å². The summed E-state index contributed by atoms with van der Waals surface area (Å²) in [4.78, 5) is 19.6. The number of Topliss-reactive ketones (excluding diaryl/α,β-unsaturated/α-hetero) is 1. The van der Waals surface area contributed by atoms with Crippen molar-refractivity contribution in [1.29, 1.82) is 0 Å². The van der Waals surface area contributed by atoms with E-state index >= 15 is 0 Å². The predicted octanol–water partition coefficient (Wildman–Crippen LogP) is 4.95. The SMILES string of the molecule is Nc1ccc(-c2ccc(F)cc2)cc1CC(=O)c1nc(N2CCCCC2)cs1. The topological polar surface area (TPSA) is 59.2 Å². The third-order valence-corrected chi connectivity index (χ3v) is 5.95. The second kappa shape index (κ2) is 8.10. The molecule has 0 aliphatic carbocycles. The fraction of sp³-hybridized carbons (Fsp3) is 0.273. The molecule has 0 atom stereocenters. The molecule has 2 N–H and O–H groups in total. The second-order valence-corrected chi connectivity index (χ2v) is 7.94. The van der Waals surface area contributed by atoms with Gasteiger partial charge in [-0.25, -0.2) is 9.37 Å². The van der Waals surface area contributed by atoms with E-state index in [2.05, 4.69) is 9.88 Å². The van der Waals surface area contributed by atoms with E-state index in [9.17, 15) is 9.18 Å². The zero-order valence-corrected chi connectivity index (χ0v) is 16.3. The minimum Gasteiger partial charge on any atom is -0.398 e. The average molecular weight is 396 g/mol. The van der Waals surface area contributed by atoms with Crippen LogP contribution in [0.3, 0.4) is 0 Å². The molecular formula is C22H22FN3OS. The Labute approximate surface area is 167 Å². The highest BCUT2D eigenvalue weighted by atomic mass is 32.1. The van der Waals surface area contributed by atoms with E-state index in [0.29, 0.717) is 10.7 Å². The molecule has 4 nitrogen and oxygen atoms in total. The first-order valence-electron chi connectivity index (χ1n) is 9.48. The summed E-state index contributed by atoms with van der Waals surface area (Å²) < 4.78 is 13.2. The number of thiazole rings is 1. The van der Waals surface area contributed by atoms with Crippen molar-refractivity contribution in [3.8, 4) is 11.1 Å². The number of piperidine rings is 1. The largest absolute Gasteiger partial charge is 0.398 e. The van der Waals surface area contributed by atoms with Crippen molar-refractivity contribution in [2.24, 2.45) is 0 Å². The van der Waals surface area contributed by atoms with Crippen LogP contribution in [0.25, 0.3) is 11.1 Å². The lowest BCUT2D eigenvalue weighted by molar-refractivity contribution is 0.0993. The summed E-state index contributed by atoms with van der Waals surface area (Å²) in [5, 5.41) is 2.49. The van der Waals surface area contributed by atoms with Crippen molar-refractivity contribution in [2.75, 3.05) is 23.7 Å². The molecule has 0 radical (unpaired) electrons. The lowest BCUT2D eigenvalue weighted by atomic mass is 9.99. The van der Waals surface area contributed by atoms with E-state index in [1.807, 2.05) is 17.5 Å². The Balaban J connectivity index is 1.52. The zero-order valence-electron chi connectivity index (χ0n) is 15.5.